The van der Waals surface area contributed by atoms with Crippen molar-refractivity contribution in [3.05, 3.63) is 0 Å². The van der Waals surface area contributed by atoms with Crippen molar-refractivity contribution in [2.45, 2.75) is 51.0 Å². The lowest BCUT2D eigenvalue weighted by Crippen LogP contribution is -2.52. The van der Waals surface area contributed by atoms with E-state index in [0.29, 0.717) is 39.2 Å². The van der Waals surface area contributed by atoms with Gasteiger partial charge in [0.15, 0.2) is 0 Å². The molecule has 2 heterocycles. The first-order chi connectivity index (χ1) is 10.7. The normalized spacial score (nSPS) is 21.2. The van der Waals surface area contributed by atoms with E-state index in [9.17, 15) is 9.59 Å². The molecular formula is C16H30ClN3O3. The van der Waals surface area contributed by atoms with Gasteiger partial charge in [0.2, 0.25) is 5.91 Å². The monoisotopic (exact) mass is 347 g/mol. The fourth-order valence-corrected chi connectivity index (χ4v) is 3.08. The molecule has 6 nitrogen and oxygen atoms in total. The van der Waals surface area contributed by atoms with Gasteiger partial charge >= 0.3 is 0 Å². The maximum Gasteiger partial charge on any atom is 0.251 e. The molecule has 2 rings (SSSR count). The summed E-state index contributed by atoms with van der Waals surface area (Å²) in [5.74, 6) is 0.323. The van der Waals surface area contributed by atoms with E-state index >= 15 is 0 Å². The van der Waals surface area contributed by atoms with E-state index in [0.717, 1.165) is 45.1 Å². The summed E-state index contributed by atoms with van der Waals surface area (Å²) in [6, 6.07) is 0. The summed E-state index contributed by atoms with van der Waals surface area (Å²) in [4.78, 5) is 28.1. The van der Waals surface area contributed by atoms with Crippen LogP contribution in [0.5, 0.6) is 0 Å². The van der Waals surface area contributed by atoms with Crippen molar-refractivity contribution < 1.29 is 14.3 Å². The predicted octanol–water partition coefficient (Wildman–Crippen LogP) is 1.17. The molecule has 2 saturated heterocycles. The average Bonchev–Trinajstić information content (AvgIpc) is 3.08. The summed E-state index contributed by atoms with van der Waals surface area (Å²) in [7, 11) is 0. The van der Waals surface area contributed by atoms with Crippen molar-refractivity contribution in [3.63, 3.8) is 0 Å². The highest BCUT2D eigenvalue weighted by molar-refractivity contribution is 5.85. The minimum Gasteiger partial charge on any atom is -0.368 e. The number of ether oxygens (including phenoxy) is 1. The summed E-state index contributed by atoms with van der Waals surface area (Å²) < 4.78 is 5.45. The maximum atomic E-state index is 12.2. The summed E-state index contributed by atoms with van der Waals surface area (Å²) >= 11 is 0. The Labute approximate surface area is 145 Å². The summed E-state index contributed by atoms with van der Waals surface area (Å²) in [5.41, 5.74) is 5.45. The number of piperazine rings is 1. The van der Waals surface area contributed by atoms with Crippen LogP contribution in [-0.4, -0.2) is 67.0 Å². The molecule has 1 unspecified atom stereocenters. The van der Waals surface area contributed by atoms with E-state index in [-0.39, 0.29) is 30.3 Å². The highest BCUT2D eigenvalue weighted by Crippen LogP contribution is 2.16. The van der Waals surface area contributed by atoms with E-state index in [1.54, 1.807) is 0 Å². The number of unbranched alkanes of at least 4 members (excludes halogenated alkanes) is 3. The van der Waals surface area contributed by atoms with Crippen molar-refractivity contribution in [1.29, 1.82) is 0 Å². The van der Waals surface area contributed by atoms with Crippen LogP contribution in [0.1, 0.15) is 44.9 Å². The molecule has 2 aliphatic heterocycles. The number of rotatable bonds is 7. The Morgan fingerprint density at radius 2 is 1.65 bits per heavy atom. The predicted molar refractivity (Wildman–Crippen MR) is 91.5 cm³/mol. The summed E-state index contributed by atoms with van der Waals surface area (Å²) in [6.45, 7) is 4.00. The molecule has 0 aromatic heterocycles. The zero-order valence-electron chi connectivity index (χ0n) is 13.9. The second-order valence-electron chi connectivity index (χ2n) is 6.16. The van der Waals surface area contributed by atoms with Crippen LogP contribution >= 0.6 is 12.4 Å². The van der Waals surface area contributed by atoms with Crippen molar-refractivity contribution in [3.8, 4) is 0 Å². The Morgan fingerprint density at radius 3 is 2.26 bits per heavy atom. The van der Waals surface area contributed by atoms with Crippen molar-refractivity contribution in [1.82, 2.24) is 9.80 Å². The fraction of sp³-hybridized carbons (Fsp3) is 0.875. The second-order valence-corrected chi connectivity index (χ2v) is 6.16. The number of nitrogens with two attached hydrogens (primary N) is 1. The van der Waals surface area contributed by atoms with Gasteiger partial charge in [0.25, 0.3) is 5.91 Å². The SMILES string of the molecule is Cl.NCCCCCCC(=O)N1CCN(C(=O)C2CCCO2)CC1. The molecular weight excluding hydrogens is 318 g/mol. The van der Waals surface area contributed by atoms with E-state index < -0.39 is 0 Å². The molecule has 0 saturated carbocycles. The van der Waals surface area contributed by atoms with Crippen molar-refractivity contribution in [2.75, 3.05) is 39.3 Å². The smallest absolute Gasteiger partial charge is 0.251 e. The molecule has 2 aliphatic rings. The number of hydrogen-bond acceptors (Lipinski definition) is 4. The van der Waals surface area contributed by atoms with Gasteiger partial charge in [-0.05, 0) is 32.2 Å². The van der Waals surface area contributed by atoms with E-state index in [4.69, 9.17) is 10.5 Å². The number of carbonyl (C=O) groups is 2. The largest absolute Gasteiger partial charge is 0.368 e. The third-order valence-electron chi connectivity index (χ3n) is 4.49. The van der Waals surface area contributed by atoms with Gasteiger partial charge < -0.3 is 20.3 Å². The molecule has 2 N–H and O–H groups in total. The lowest BCUT2D eigenvalue weighted by atomic mass is 10.1. The zero-order chi connectivity index (χ0) is 15.8. The highest BCUT2D eigenvalue weighted by atomic mass is 35.5. The van der Waals surface area contributed by atoms with Gasteiger partial charge in [-0.3, -0.25) is 9.59 Å². The third-order valence-corrected chi connectivity index (χ3v) is 4.49. The topological polar surface area (TPSA) is 75.9 Å². The number of nitrogens with zero attached hydrogens (tertiary/aromatic N) is 2. The number of amides is 2. The van der Waals surface area contributed by atoms with Gasteiger partial charge in [0.1, 0.15) is 6.10 Å². The standard InChI is InChI=1S/C16H29N3O3.ClH/c17-8-4-2-1-3-7-15(20)18-9-11-19(12-10-18)16(21)14-6-5-13-22-14;/h14H,1-13,17H2;1H. The van der Waals surface area contributed by atoms with Gasteiger partial charge in [0.05, 0.1) is 0 Å². The van der Waals surface area contributed by atoms with Crippen LogP contribution in [0.3, 0.4) is 0 Å². The maximum absolute atomic E-state index is 12.2. The molecule has 7 heteroatoms. The van der Waals surface area contributed by atoms with Crippen LogP contribution in [0, 0.1) is 0 Å². The molecule has 0 spiro atoms. The molecule has 0 aromatic carbocycles. The quantitative estimate of drug-likeness (QED) is 0.701. The van der Waals surface area contributed by atoms with Gasteiger partial charge in [-0.25, -0.2) is 0 Å². The molecule has 2 amide bonds. The summed E-state index contributed by atoms with van der Waals surface area (Å²) in [6.07, 6.45) is 6.33. The molecule has 134 valence electrons. The molecule has 0 bridgehead atoms. The Kier molecular flexibility index (Phi) is 9.52. The molecule has 0 radical (unpaired) electrons. The Hall–Kier alpha value is -0.850. The minimum absolute atomic E-state index is 0. The number of carbonyl (C=O) groups excluding carboxylic acids is 2. The van der Waals surface area contributed by atoms with E-state index in [2.05, 4.69) is 0 Å². The van der Waals surface area contributed by atoms with Gasteiger partial charge in [-0.15, -0.1) is 12.4 Å². The minimum atomic E-state index is -0.246. The van der Waals surface area contributed by atoms with Crippen LogP contribution in [0.2, 0.25) is 0 Å². The number of halogens is 1. The van der Waals surface area contributed by atoms with Crippen LogP contribution in [0.15, 0.2) is 0 Å². The molecule has 1 atom stereocenters. The first-order valence-corrected chi connectivity index (χ1v) is 8.60. The van der Waals surface area contributed by atoms with Crippen LogP contribution in [-0.2, 0) is 14.3 Å². The number of hydrogen-bond donors (Lipinski definition) is 1. The van der Waals surface area contributed by atoms with Crippen LogP contribution in [0.25, 0.3) is 0 Å². The van der Waals surface area contributed by atoms with Crippen molar-refractivity contribution >= 4 is 24.2 Å². The molecule has 2 fully saturated rings. The second kappa shape index (κ2) is 10.8. The van der Waals surface area contributed by atoms with Crippen molar-refractivity contribution in [2.24, 2.45) is 5.73 Å². The van der Waals surface area contributed by atoms with E-state index in [1.165, 1.54) is 0 Å². The Morgan fingerprint density at radius 1 is 1.00 bits per heavy atom. The van der Waals surface area contributed by atoms with Gasteiger partial charge in [-0.1, -0.05) is 12.8 Å². The van der Waals surface area contributed by atoms with Crippen LogP contribution in [0.4, 0.5) is 0 Å². The first-order valence-electron chi connectivity index (χ1n) is 8.60. The lowest BCUT2D eigenvalue weighted by molar-refractivity contribution is -0.146. The summed E-state index contributed by atoms with van der Waals surface area (Å²) in [5, 5.41) is 0. The molecule has 0 aliphatic carbocycles. The molecule has 23 heavy (non-hydrogen) atoms. The fourth-order valence-electron chi connectivity index (χ4n) is 3.08. The molecule has 0 aromatic rings. The van der Waals surface area contributed by atoms with Crippen LogP contribution < -0.4 is 5.73 Å². The van der Waals surface area contributed by atoms with E-state index in [1.807, 2.05) is 9.80 Å². The highest BCUT2D eigenvalue weighted by Gasteiger charge is 2.31. The Bertz CT molecular complexity index is 368. The van der Waals surface area contributed by atoms with Gasteiger partial charge in [-0.2, -0.15) is 0 Å². The average molecular weight is 348 g/mol. The lowest BCUT2D eigenvalue weighted by Gasteiger charge is -2.35. The third kappa shape index (κ3) is 6.28. The Balaban J connectivity index is 0.00000264. The zero-order valence-corrected chi connectivity index (χ0v) is 14.7. The first kappa shape index (κ1) is 20.2. The van der Waals surface area contributed by atoms with Gasteiger partial charge in [0, 0.05) is 39.2 Å².